The van der Waals surface area contributed by atoms with E-state index in [2.05, 4.69) is 233 Å². The number of rotatable bonds is 16. The van der Waals surface area contributed by atoms with Crippen LogP contribution in [0.15, 0.2) is 146 Å². The minimum atomic E-state index is 0.997. The Bertz CT molecular complexity index is 1850. The lowest BCUT2D eigenvalue weighted by molar-refractivity contribution is 0.866. The van der Waals surface area contributed by atoms with E-state index < -0.39 is 0 Å². The predicted molar refractivity (Wildman–Crippen MR) is 240 cm³/mol. The van der Waals surface area contributed by atoms with Crippen molar-refractivity contribution in [3.8, 4) is 0 Å². The van der Waals surface area contributed by atoms with E-state index in [1.807, 2.05) is 0 Å². The highest BCUT2D eigenvalue weighted by Gasteiger charge is 2.09. The summed E-state index contributed by atoms with van der Waals surface area (Å²) in [7, 11) is 8.31. The molecule has 0 heterocycles. The third-order valence-electron chi connectivity index (χ3n) is 10.0. The van der Waals surface area contributed by atoms with Gasteiger partial charge in [-0.05, 0) is 121 Å². The number of hydrogen-bond acceptors (Lipinski definition) is 4. The third kappa shape index (κ3) is 10.2. The monoisotopic (exact) mass is 714 g/mol. The fourth-order valence-corrected chi connectivity index (χ4v) is 6.71. The quantitative estimate of drug-likeness (QED) is 0.0943. The molecule has 0 saturated heterocycles. The van der Waals surface area contributed by atoms with Crippen LogP contribution in [0, 0.1) is 0 Å². The molecule has 4 heteroatoms. The van der Waals surface area contributed by atoms with Gasteiger partial charge >= 0.3 is 0 Å². The molecule has 0 radical (unpaired) electrons. The van der Waals surface area contributed by atoms with E-state index in [0.717, 1.165) is 37.3 Å². The Hall–Kier alpha value is -5.74. The summed E-state index contributed by atoms with van der Waals surface area (Å²) in [6.07, 6.45) is 13.2. The Morgan fingerprint density at radius 3 is 0.870 bits per heavy atom. The molecule has 0 N–H and O–H groups in total. The molecule has 0 saturated carbocycles. The van der Waals surface area contributed by atoms with Crippen LogP contribution in [0.4, 0.5) is 22.7 Å². The van der Waals surface area contributed by atoms with Crippen molar-refractivity contribution in [2.45, 2.75) is 27.7 Å². The molecule has 4 nitrogen and oxygen atoms in total. The molecule has 0 aliphatic carbocycles. The van der Waals surface area contributed by atoms with Gasteiger partial charge < -0.3 is 19.6 Å². The van der Waals surface area contributed by atoms with Crippen LogP contribution in [-0.2, 0) is 0 Å². The van der Waals surface area contributed by atoms with Gasteiger partial charge in [0, 0.05) is 77.1 Å². The van der Waals surface area contributed by atoms with Gasteiger partial charge in [-0.3, -0.25) is 0 Å². The van der Waals surface area contributed by atoms with Crippen molar-refractivity contribution in [2.75, 3.05) is 74.0 Å². The Morgan fingerprint density at radius 1 is 0.370 bits per heavy atom. The number of nitrogens with zero attached hydrogens (tertiary/aromatic N) is 4. The largest absolute Gasteiger partial charge is 0.378 e. The standard InChI is InChI=1S/C50H58N4/c1-9-53(10-2)47-35-27-43(28-36-47)49(41-23-31-45(32-24-41)51(5)6)17-13-15-39-19-21-40(22-20-39)16-14-18-50(42-25-33-46(34-26-42)52(7)8)44-29-37-48(38-30-44)54(11-3)12-4/h13-38H,9-12H2,1-8H3. The zero-order valence-corrected chi connectivity index (χ0v) is 33.6. The predicted octanol–water partition coefficient (Wildman–Crippen LogP) is 11.8. The van der Waals surface area contributed by atoms with Gasteiger partial charge in [0.15, 0.2) is 0 Å². The summed E-state index contributed by atoms with van der Waals surface area (Å²) >= 11 is 0. The highest BCUT2D eigenvalue weighted by atomic mass is 15.1. The molecule has 0 spiro atoms. The maximum absolute atomic E-state index is 2.38. The molecule has 0 aliphatic rings. The van der Waals surface area contributed by atoms with Crippen LogP contribution in [0.25, 0.3) is 23.3 Å². The molecular weight excluding hydrogens is 657 g/mol. The number of anilines is 4. The van der Waals surface area contributed by atoms with E-state index in [1.54, 1.807) is 0 Å². The second-order valence-corrected chi connectivity index (χ2v) is 13.9. The van der Waals surface area contributed by atoms with Gasteiger partial charge in [0.25, 0.3) is 0 Å². The SMILES string of the molecule is CCN(CC)c1ccc(C(=CC=Cc2ccc(C=CC=C(c3ccc(N(C)C)cc3)c3ccc(N(CC)CC)cc3)cc2)c2ccc(N(C)C)cc2)cc1. The van der Waals surface area contributed by atoms with Gasteiger partial charge in [-0.2, -0.15) is 0 Å². The number of benzene rings is 5. The first-order chi connectivity index (χ1) is 26.2. The van der Waals surface area contributed by atoms with Crippen molar-refractivity contribution in [1.29, 1.82) is 0 Å². The molecule has 0 fully saturated rings. The minimum Gasteiger partial charge on any atom is -0.378 e. The van der Waals surface area contributed by atoms with Crippen LogP contribution in [0.3, 0.4) is 0 Å². The van der Waals surface area contributed by atoms with Crippen LogP contribution >= 0.6 is 0 Å². The summed E-state index contributed by atoms with van der Waals surface area (Å²) < 4.78 is 0. The molecule has 0 aromatic heterocycles. The van der Waals surface area contributed by atoms with Gasteiger partial charge in [-0.1, -0.05) is 109 Å². The van der Waals surface area contributed by atoms with Crippen molar-refractivity contribution >= 4 is 46.0 Å². The molecule has 0 bridgehead atoms. The van der Waals surface area contributed by atoms with Crippen molar-refractivity contribution < 1.29 is 0 Å². The summed E-state index contributed by atoms with van der Waals surface area (Å²) in [5.74, 6) is 0. The lowest BCUT2D eigenvalue weighted by atomic mass is 9.96. The fraction of sp³-hybridized carbons (Fsp3) is 0.240. The van der Waals surface area contributed by atoms with E-state index in [0.29, 0.717) is 0 Å². The first kappa shape index (κ1) is 39.5. The Balaban J connectivity index is 1.38. The normalized spacial score (nSPS) is 12.1. The lowest BCUT2D eigenvalue weighted by Gasteiger charge is -2.21. The Labute approximate surface area is 325 Å². The van der Waals surface area contributed by atoms with Crippen LogP contribution in [0.1, 0.15) is 61.1 Å². The summed E-state index contributed by atoms with van der Waals surface area (Å²) in [6.45, 7) is 12.8. The van der Waals surface area contributed by atoms with Crippen LogP contribution in [0.2, 0.25) is 0 Å². The molecule has 0 amide bonds. The maximum atomic E-state index is 2.38. The zero-order valence-electron chi connectivity index (χ0n) is 33.6. The van der Waals surface area contributed by atoms with E-state index in [4.69, 9.17) is 0 Å². The summed E-state index contributed by atoms with van der Waals surface area (Å²) in [6, 6.07) is 44.3. The van der Waals surface area contributed by atoms with Crippen molar-refractivity contribution in [1.82, 2.24) is 0 Å². The first-order valence-corrected chi connectivity index (χ1v) is 19.4. The van der Waals surface area contributed by atoms with Crippen LogP contribution in [-0.4, -0.2) is 54.4 Å². The van der Waals surface area contributed by atoms with Gasteiger partial charge in [0.1, 0.15) is 0 Å². The average molecular weight is 715 g/mol. The van der Waals surface area contributed by atoms with Crippen LogP contribution < -0.4 is 19.6 Å². The van der Waals surface area contributed by atoms with Crippen molar-refractivity contribution in [3.63, 3.8) is 0 Å². The summed E-state index contributed by atoms with van der Waals surface area (Å²) in [4.78, 5) is 9.03. The number of hydrogen-bond donors (Lipinski definition) is 0. The Morgan fingerprint density at radius 2 is 0.630 bits per heavy atom. The molecule has 54 heavy (non-hydrogen) atoms. The zero-order chi connectivity index (χ0) is 38.5. The van der Waals surface area contributed by atoms with E-state index in [-0.39, 0.29) is 0 Å². The first-order valence-electron chi connectivity index (χ1n) is 19.4. The van der Waals surface area contributed by atoms with Gasteiger partial charge in [0.2, 0.25) is 0 Å². The molecule has 5 aromatic carbocycles. The lowest BCUT2D eigenvalue weighted by Crippen LogP contribution is -2.21. The van der Waals surface area contributed by atoms with E-state index in [9.17, 15) is 0 Å². The van der Waals surface area contributed by atoms with Crippen molar-refractivity contribution in [3.05, 3.63) is 179 Å². The maximum Gasteiger partial charge on any atom is 0.0366 e. The minimum absolute atomic E-state index is 0.997. The topological polar surface area (TPSA) is 13.0 Å². The molecule has 278 valence electrons. The summed E-state index contributed by atoms with van der Waals surface area (Å²) in [5.41, 5.74) is 14.4. The molecule has 0 unspecified atom stereocenters. The van der Waals surface area contributed by atoms with E-state index in [1.165, 1.54) is 56.1 Å². The third-order valence-corrected chi connectivity index (χ3v) is 10.0. The smallest absolute Gasteiger partial charge is 0.0366 e. The van der Waals surface area contributed by atoms with Crippen LogP contribution in [0.5, 0.6) is 0 Å². The second kappa shape index (κ2) is 19.4. The van der Waals surface area contributed by atoms with Gasteiger partial charge in [-0.25, -0.2) is 0 Å². The summed E-state index contributed by atoms with van der Waals surface area (Å²) in [5, 5.41) is 0. The molecule has 0 aliphatic heterocycles. The van der Waals surface area contributed by atoms with Crippen molar-refractivity contribution in [2.24, 2.45) is 0 Å². The second-order valence-electron chi connectivity index (χ2n) is 13.9. The number of allylic oxidation sites excluding steroid dienone is 4. The molecule has 5 rings (SSSR count). The molecule has 5 aromatic rings. The molecular formula is C50H58N4. The average Bonchev–Trinajstić information content (AvgIpc) is 3.20. The highest BCUT2D eigenvalue weighted by molar-refractivity contribution is 5.84. The van der Waals surface area contributed by atoms with E-state index >= 15 is 0 Å². The fourth-order valence-electron chi connectivity index (χ4n) is 6.71. The van der Waals surface area contributed by atoms with Gasteiger partial charge in [0.05, 0.1) is 0 Å². The molecule has 0 atom stereocenters. The van der Waals surface area contributed by atoms with Gasteiger partial charge in [-0.15, -0.1) is 0 Å². The highest BCUT2D eigenvalue weighted by Crippen LogP contribution is 2.29. The Kier molecular flexibility index (Phi) is 14.2.